The SMILES string of the molecule is CCc1cccc(C)c1NC(=O)CCSc1ncccn1. The second kappa shape index (κ2) is 7.78. The maximum atomic E-state index is 12.1. The molecule has 0 bridgehead atoms. The van der Waals surface area contributed by atoms with Gasteiger partial charge in [0.2, 0.25) is 5.91 Å². The summed E-state index contributed by atoms with van der Waals surface area (Å²) in [4.78, 5) is 20.3. The first kappa shape index (κ1) is 15.5. The number of anilines is 1. The van der Waals surface area contributed by atoms with Gasteiger partial charge in [0.15, 0.2) is 5.16 Å². The van der Waals surface area contributed by atoms with Gasteiger partial charge in [-0.3, -0.25) is 4.79 Å². The Morgan fingerprint density at radius 2 is 2.00 bits per heavy atom. The van der Waals surface area contributed by atoms with Crippen molar-refractivity contribution in [2.24, 2.45) is 0 Å². The molecule has 0 saturated heterocycles. The van der Waals surface area contributed by atoms with E-state index in [1.54, 1.807) is 18.5 Å². The Hall–Kier alpha value is -1.88. The van der Waals surface area contributed by atoms with Gasteiger partial charge in [0, 0.05) is 30.3 Å². The summed E-state index contributed by atoms with van der Waals surface area (Å²) in [6.07, 6.45) is 4.76. The van der Waals surface area contributed by atoms with Crippen LogP contribution in [0.5, 0.6) is 0 Å². The van der Waals surface area contributed by atoms with E-state index < -0.39 is 0 Å². The number of hydrogen-bond donors (Lipinski definition) is 1. The van der Waals surface area contributed by atoms with E-state index >= 15 is 0 Å². The number of thioether (sulfide) groups is 1. The van der Waals surface area contributed by atoms with Gasteiger partial charge in [0.1, 0.15) is 0 Å². The van der Waals surface area contributed by atoms with Gasteiger partial charge < -0.3 is 5.32 Å². The Bertz CT molecular complexity index is 602. The predicted molar refractivity (Wildman–Crippen MR) is 86.6 cm³/mol. The monoisotopic (exact) mass is 301 g/mol. The molecule has 0 radical (unpaired) electrons. The van der Waals surface area contributed by atoms with E-state index in [1.165, 1.54) is 17.3 Å². The molecule has 1 N–H and O–H groups in total. The molecule has 0 fully saturated rings. The first-order valence-corrected chi connectivity index (χ1v) is 7.97. The molecule has 1 heterocycles. The molecule has 0 aliphatic carbocycles. The lowest BCUT2D eigenvalue weighted by molar-refractivity contribution is -0.115. The van der Waals surface area contributed by atoms with Gasteiger partial charge in [0.25, 0.3) is 0 Å². The minimum atomic E-state index is 0.0300. The smallest absolute Gasteiger partial charge is 0.225 e. The van der Waals surface area contributed by atoms with Gasteiger partial charge in [0.05, 0.1) is 0 Å². The molecule has 1 amide bonds. The van der Waals surface area contributed by atoms with Gasteiger partial charge in [-0.05, 0) is 30.5 Å². The van der Waals surface area contributed by atoms with Crippen LogP contribution in [0, 0.1) is 6.92 Å². The highest BCUT2D eigenvalue weighted by Gasteiger charge is 2.09. The highest BCUT2D eigenvalue weighted by Crippen LogP contribution is 2.21. The number of nitrogens with zero attached hydrogens (tertiary/aromatic N) is 2. The summed E-state index contributed by atoms with van der Waals surface area (Å²) in [5.41, 5.74) is 3.22. The normalized spacial score (nSPS) is 10.4. The number of aryl methyl sites for hydroxylation is 2. The van der Waals surface area contributed by atoms with Gasteiger partial charge >= 0.3 is 0 Å². The summed E-state index contributed by atoms with van der Waals surface area (Å²) in [6, 6.07) is 7.87. The lowest BCUT2D eigenvalue weighted by atomic mass is 10.1. The molecular formula is C16H19N3OS. The molecule has 0 aliphatic rings. The third kappa shape index (κ3) is 4.56. The summed E-state index contributed by atoms with van der Waals surface area (Å²) in [6.45, 7) is 4.11. The second-order valence-corrected chi connectivity index (χ2v) is 5.70. The van der Waals surface area contributed by atoms with Crippen LogP contribution < -0.4 is 5.32 Å². The van der Waals surface area contributed by atoms with Crippen LogP contribution in [0.3, 0.4) is 0 Å². The highest BCUT2D eigenvalue weighted by atomic mass is 32.2. The average Bonchev–Trinajstić information content (AvgIpc) is 2.50. The number of hydrogen-bond acceptors (Lipinski definition) is 4. The van der Waals surface area contributed by atoms with Crippen molar-refractivity contribution in [1.82, 2.24) is 9.97 Å². The van der Waals surface area contributed by atoms with Crippen LogP contribution in [0.2, 0.25) is 0 Å². The largest absolute Gasteiger partial charge is 0.326 e. The predicted octanol–water partition coefficient (Wildman–Crippen LogP) is 3.47. The van der Waals surface area contributed by atoms with Crippen LogP contribution in [-0.2, 0) is 11.2 Å². The van der Waals surface area contributed by atoms with Crippen molar-refractivity contribution < 1.29 is 4.79 Å². The maximum Gasteiger partial charge on any atom is 0.225 e. The maximum absolute atomic E-state index is 12.1. The summed E-state index contributed by atoms with van der Waals surface area (Å²) in [5.74, 6) is 0.700. The molecule has 2 aromatic rings. The van der Waals surface area contributed by atoms with Crippen molar-refractivity contribution in [1.29, 1.82) is 0 Å². The van der Waals surface area contributed by atoms with Gasteiger partial charge in [-0.15, -0.1) is 0 Å². The Morgan fingerprint density at radius 3 is 2.71 bits per heavy atom. The Balaban J connectivity index is 1.88. The molecule has 2 rings (SSSR count). The van der Waals surface area contributed by atoms with Crippen LogP contribution in [0.1, 0.15) is 24.5 Å². The fourth-order valence-electron chi connectivity index (χ4n) is 2.00. The number of nitrogens with one attached hydrogen (secondary N) is 1. The van der Waals surface area contributed by atoms with Crippen LogP contribution >= 0.6 is 11.8 Å². The van der Waals surface area contributed by atoms with E-state index in [0.29, 0.717) is 17.3 Å². The van der Waals surface area contributed by atoms with Crippen molar-refractivity contribution in [3.05, 3.63) is 47.8 Å². The summed E-state index contributed by atoms with van der Waals surface area (Å²) in [5, 5.41) is 3.73. The summed E-state index contributed by atoms with van der Waals surface area (Å²) < 4.78 is 0. The minimum Gasteiger partial charge on any atom is -0.326 e. The van der Waals surface area contributed by atoms with E-state index in [4.69, 9.17) is 0 Å². The van der Waals surface area contributed by atoms with E-state index in [9.17, 15) is 4.79 Å². The van der Waals surface area contributed by atoms with Crippen molar-refractivity contribution in [2.45, 2.75) is 31.8 Å². The molecule has 1 aromatic heterocycles. The lowest BCUT2D eigenvalue weighted by Gasteiger charge is -2.12. The number of benzene rings is 1. The number of aromatic nitrogens is 2. The number of amides is 1. The average molecular weight is 301 g/mol. The third-order valence-electron chi connectivity index (χ3n) is 3.11. The second-order valence-electron chi connectivity index (χ2n) is 4.64. The molecule has 0 spiro atoms. The minimum absolute atomic E-state index is 0.0300. The summed E-state index contributed by atoms with van der Waals surface area (Å²) in [7, 11) is 0. The molecule has 21 heavy (non-hydrogen) atoms. The van der Waals surface area contributed by atoms with Gasteiger partial charge in [-0.25, -0.2) is 9.97 Å². The number of carbonyl (C=O) groups is 1. The lowest BCUT2D eigenvalue weighted by Crippen LogP contribution is -2.14. The topological polar surface area (TPSA) is 54.9 Å². The Kier molecular flexibility index (Phi) is 5.75. The van der Waals surface area contributed by atoms with E-state index in [1.807, 2.05) is 19.1 Å². The van der Waals surface area contributed by atoms with Gasteiger partial charge in [-0.2, -0.15) is 0 Å². The molecule has 4 nitrogen and oxygen atoms in total. The Labute approximate surface area is 129 Å². The first-order chi connectivity index (χ1) is 10.2. The number of para-hydroxylation sites is 1. The summed E-state index contributed by atoms with van der Waals surface area (Å²) >= 11 is 1.49. The zero-order valence-electron chi connectivity index (χ0n) is 12.3. The third-order valence-corrected chi connectivity index (χ3v) is 3.98. The van der Waals surface area contributed by atoms with E-state index in [0.717, 1.165) is 17.7 Å². The zero-order chi connectivity index (χ0) is 15.1. The van der Waals surface area contributed by atoms with Crippen LogP contribution in [0.4, 0.5) is 5.69 Å². The van der Waals surface area contributed by atoms with E-state index in [2.05, 4.69) is 28.3 Å². The molecule has 1 aromatic carbocycles. The highest BCUT2D eigenvalue weighted by molar-refractivity contribution is 7.99. The molecular weight excluding hydrogens is 282 g/mol. The zero-order valence-corrected chi connectivity index (χ0v) is 13.1. The van der Waals surface area contributed by atoms with Gasteiger partial charge in [-0.1, -0.05) is 36.9 Å². The fraction of sp³-hybridized carbons (Fsp3) is 0.312. The molecule has 0 aliphatic heterocycles. The Morgan fingerprint density at radius 1 is 1.24 bits per heavy atom. The van der Waals surface area contributed by atoms with Crippen LogP contribution in [-0.4, -0.2) is 21.6 Å². The number of carbonyl (C=O) groups excluding carboxylic acids is 1. The molecule has 0 atom stereocenters. The van der Waals surface area contributed by atoms with Crippen LogP contribution in [0.15, 0.2) is 41.8 Å². The van der Waals surface area contributed by atoms with Crippen LogP contribution in [0.25, 0.3) is 0 Å². The van der Waals surface area contributed by atoms with Crippen molar-refractivity contribution in [3.63, 3.8) is 0 Å². The van der Waals surface area contributed by atoms with Crippen molar-refractivity contribution in [3.8, 4) is 0 Å². The van der Waals surface area contributed by atoms with Crippen molar-refractivity contribution in [2.75, 3.05) is 11.1 Å². The first-order valence-electron chi connectivity index (χ1n) is 6.99. The molecule has 0 saturated carbocycles. The molecule has 5 heteroatoms. The standard InChI is InChI=1S/C16H19N3OS/c1-3-13-7-4-6-12(2)15(13)19-14(20)8-11-21-16-17-9-5-10-18-16/h4-7,9-10H,3,8,11H2,1-2H3,(H,19,20). The quantitative estimate of drug-likeness (QED) is 0.655. The van der Waals surface area contributed by atoms with E-state index in [-0.39, 0.29) is 5.91 Å². The molecule has 110 valence electrons. The fourth-order valence-corrected chi connectivity index (χ4v) is 2.74. The number of rotatable bonds is 6. The van der Waals surface area contributed by atoms with Crippen molar-refractivity contribution >= 4 is 23.4 Å². The molecule has 0 unspecified atom stereocenters.